The van der Waals surface area contributed by atoms with Gasteiger partial charge in [0.15, 0.2) is 5.82 Å². The van der Waals surface area contributed by atoms with Crippen LogP contribution in [-0.4, -0.2) is 37.2 Å². The number of hydrogen-bond donors (Lipinski definition) is 2. The second-order valence-electron chi connectivity index (χ2n) is 9.52. The molecule has 10 heteroatoms. The summed E-state index contributed by atoms with van der Waals surface area (Å²) < 4.78 is 27.8. The van der Waals surface area contributed by atoms with E-state index in [2.05, 4.69) is 27.3 Å². The molecule has 0 aliphatic carbocycles. The van der Waals surface area contributed by atoms with Crippen LogP contribution >= 0.6 is 11.3 Å². The van der Waals surface area contributed by atoms with Crippen molar-refractivity contribution in [3.8, 4) is 10.7 Å². The number of halogens is 2. The number of unbranched alkanes of at least 4 members (excludes halogenated alkanes) is 7. The van der Waals surface area contributed by atoms with Crippen molar-refractivity contribution in [3.05, 3.63) is 64.7 Å². The Balaban J connectivity index is 0.000000230. The van der Waals surface area contributed by atoms with E-state index >= 15 is 0 Å². The average Bonchev–Trinajstić information content (AvgIpc) is 3.52. The number of rotatable bonds is 13. The molecule has 4 aromatic heterocycles. The first-order valence-electron chi connectivity index (χ1n) is 13.4. The summed E-state index contributed by atoms with van der Waals surface area (Å²) in [5.41, 5.74) is 5.78. The number of thiophene rings is 1. The Kier molecular flexibility index (Phi) is 11.8. The maximum Gasteiger partial charge on any atom is 0.339 e. The second kappa shape index (κ2) is 15.3. The van der Waals surface area contributed by atoms with E-state index in [1.54, 1.807) is 41.4 Å². The van der Waals surface area contributed by atoms with Gasteiger partial charge in [0.05, 0.1) is 27.8 Å². The van der Waals surface area contributed by atoms with Crippen molar-refractivity contribution < 1.29 is 18.7 Å². The van der Waals surface area contributed by atoms with Crippen molar-refractivity contribution in [3.63, 3.8) is 0 Å². The van der Waals surface area contributed by atoms with Crippen LogP contribution in [0.15, 0.2) is 42.3 Å². The van der Waals surface area contributed by atoms with Crippen LogP contribution in [-0.2, 0) is 0 Å². The molecule has 7 nitrogen and oxygen atoms in total. The van der Waals surface area contributed by atoms with Crippen molar-refractivity contribution in [2.75, 3.05) is 12.0 Å². The third-order valence-corrected chi connectivity index (χ3v) is 7.39. The van der Waals surface area contributed by atoms with Crippen LogP contribution in [0.3, 0.4) is 0 Å². The van der Waals surface area contributed by atoms with Gasteiger partial charge in [0, 0.05) is 36.1 Å². The summed E-state index contributed by atoms with van der Waals surface area (Å²) in [4.78, 5) is 24.0. The van der Waals surface area contributed by atoms with E-state index in [0.29, 0.717) is 22.4 Å². The zero-order chi connectivity index (χ0) is 28.2. The number of hydrogen-bond acceptors (Lipinski definition) is 6. The summed E-state index contributed by atoms with van der Waals surface area (Å²) in [5.74, 6) is -0.410. The highest BCUT2D eigenvalue weighted by Gasteiger charge is 2.16. The zero-order valence-corrected chi connectivity index (χ0v) is 23.6. The molecular formula is C29H37F2N5O2S. The standard InChI is InChI=1S/C18H27F2N3.C11H10N2O2S/c1-2-3-4-5-6-7-8-9-11-22-23-14-16(18(19)20)15-10-12-21-13-17(15)23;1-6-3-9(16-5-6)10-12-4-8(11(14)15)7(2)13-10/h10,12-14,18,22H,2-9,11H2,1H3;3-5H,1-2H3,(H,14,15). The first kappa shape index (κ1) is 30.1. The monoisotopic (exact) mass is 557 g/mol. The zero-order valence-electron chi connectivity index (χ0n) is 22.8. The van der Waals surface area contributed by atoms with Gasteiger partial charge in [0.1, 0.15) is 0 Å². The molecule has 0 fully saturated rings. The van der Waals surface area contributed by atoms with E-state index in [1.807, 2.05) is 18.4 Å². The third-order valence-electron chi connectivity index (χ3n) is 6.35. The minimum absolute atomic E-state index is 0.0609. The molecule has 4 aromatic rings. The number of carboxylic acid groups (broad SMARTS) is 1. The van der Waals surface area contributed by atoms with E-state index in [-0.39, 0.29) is 11.1 Å². The Labute approximate surface area is 232 Å². The number of carbonyl (C=O) groups is 1. The lowest BCUT2D eigenvalue weighted by atomic mass is 10.1. The summed E-state index contributed by atoms with van der Waals surface area (Å²) in [7, 11) is 0. The van der Waals surface area contributed by atoms with Crippen LogP contribution < -0.4 is 5.43 Å². The first-order valence-corrected chi connectivity index (χ1v) is 14.3. The Morgan fingerprint density at radius 2 is 1.82 bits per heavy atom. The lowest BCUT2D eigenvalue weighted by molar-refractivity contribution is 0.0695. The molecule has 0 aromatic carbocycles. The number of aryl methyl sites for hydroxylation is 2. The van der Waals surface area contributed by atoms with E-state index < -0.39 is 12.4 Å². The number of nitrogens with one attached hydrogen (secondary N) is 1. The van der Waals surface area contributed by atoms with Crippen molar-refractivity contribution in [2.45, 2.75) is 78.6 Å². The Morgan fingerprint density at radius 3 is 2.44 bits per heavy atom. The smallest absolute Gasteiger partial charge is 0.339 e. The number of alkyl halides is 2. The van der Waals surface area contributed by atoms with Crippen molar-refractivity contribution in [1.29, 1.82) is 0 Å². The minimum Gasteiger partial charge on any atom is -0.478 e. The predicted molar refractivity (Wildman–Crippen MR) is 153 cm³/mol. The normalized spacial score (nSPS) is 11.0. The molecule has 4 heterocycles. The van der Waals surface area contributed by atoms with Gasteiger partial charge in [-0.25, -0.2) is 23.5 Å². The molecule has 0 saturated carbocycles. The molecule has 39 heavy (non-hydrogen) atoms. The molecule has 0 bridgehead atoms. The Hall–Kier alpha value is -3.40. The van der Waals surface area contributed by atoms with E-state index in [4.69, 9.17) is 5.11 Å². The van der Waals surface area contributed by atoms with Gasteiger partial charge in [-0.3, -0.25) is 9.66 Å². The number of aromatic nitrogens is 4. The summed E-state index contributed by atoms with van der Waals surface area (Å²) in [6, 6.07) is 3.63. The molecule has 2 N–H and O–H groups in total. The molecule has 4 rings (SSSR count). The van der Waals surface area contributed by atoms with E-state index in [1.165, 1.54) is 57.3 Å². The van der Waals surface area contributed by atoms with E-state index in [9.17, 15) is 13.6 Å². The van der Waals surface area contributed by atoms with Gasteiger partial charge in [0.25, 0.3) is 6.43 Å². The first-order chi connectivity index (χ1) is 18.8. The molecule has 0 radical (unpaired) electrons. The largest absolute Gasteiger partial charge is 0.478 e. The number of carboxylic acids is 1. The molecule has 0 aliphatic heterocycles. The van der Waals surface area contributed by atoms with Crippen molar-refractivity contribution in [1.82, 2.24) is 19.6 Å². The molecule has 0 amide bonds. The fraction of sp³-hybridized carbons (Fsp3) is 0.448. The van der Waals surface area contributed by atoms with Crippen LogP contribution in [0.5, 0.6) is 0 Å². The van der Waals surface area contributed by atoms with Gasteiger partial charge >= 0.3 is 5.97 Å². The maximum absolute atomic E-state index is 13.1. The van der Waals surface area contributed by atoms with Gasteiger partial charge in [-0.15, -0.1) is 11.3 Å². The van der Waals surface area contributed by atoms with Gasteiger partial charge in [-0.05, 0) is 43.3 Å². The molecule has 0 spiro atoms. The van der Waals surface area contributed by atoms with Crippen LogP contribution in [0.2, 0.25) is 0 Å². The van der Waals surface area contributed by atoms with Crippen molar-refractivity contribution >= 4 is 28.2 Å². The number of aromatic carboxylic acids is 1. The molecular weight excluding hydrogens is 520 g/mol. The van der Waals surface area contributed by atoms with Gasteiger partial charge in [0.2, 0.25) is 0 Å². The number of pyridine rings is 1. The predicted octanol–water partition coefficient (Wildman–Crippen LogP) is 8.18. The summed E-state index contributed by atoms with van der Waals surface area (Å²) in [5, 5.41) is 11.4. The van der Waals surface area contributed by atoms with Crippen LogP contribution in [0, 0.1) is 13.8 Å². The summed E-state index contributed by atoms with van der Waals surface area (Å²) in [6.45, 7) is 6.69. The van der Waals surface area contributed by atoms with Crippen LogP contribution in [0.25, 0.3) is 21.6 Å². The van der Waals surface area contributed by atoms with E-state index in [0.717, 1.165) is 23.4 Å². The van der Waals surface area contributed by atoms with Gasteiger partial charge in [-0.2, -0.15) is 0 Å². The molecule has 0 saturated heterocycles. The average molecular weight is 558 g/mol. The number of nitrogens with zero attached hydrogens (tertiary/aromatic N) is 4. The molecule has 0 unspecified atom stereocenters. The number of fused-ring (bicyclic) bond motifs is 1. The Morgan fingerprint density at radius 1 is 1.10 bits per heavy atom. The minimum atomic E-state index is -2.47. The highest BCUT2D eigenvalue weighted by molar-refractivity contribution is 7.13. The third kappa shape index (κ3) is 8.81. The molecule has 0 atom stereocenters. The van der Waals surface area contributed by atoms with Gasteiger partial charge < -0.3 is 10.5 Å². The fourth-order valence-corrected chi connectivity index (χ4v) is 5.05. The summed E-state index contributed by atoms with van der Waals surface area (Å²) in [6.07, 6.45) is 13.6. The topological polar surface area (TPSA) is 92.9 Å². The molecule has 0 aliphatic rings. The van der Waals surface area contributed by atoms with Crippen molar-refractivity contribution in [2.24, 2.45) is 0 Å². The maximum atomic E-state index is 13.1. The fourth-order valence-electron chi connectivity index (χ4n) is 4.21. The van der Waals surface area contributed by atoms with Gasteiger partial charge in [-0.1, -0.05) is 51.9 Å². The lowest BCUT2D eigenvalue weighted by Gasteiger charge is -2.09. The lowest BCUT2D eigenvalue weighted by Crippen LogP contribution is -2.14. The SMILES string of the molecule is CCCCCCCCCCNn1cc(C(F)F)c2ccncc21.Cc1csc(-c2ncc(C(=O)O)c(C)n2)c1. The molecule has 210 valence electrons. The highest BCUT2D eigenvalue weighted by Crippen LogP contribution is 2.28. The second-order valence-corrected chi connectivity index (χ2v) is 10.4. The van der Waals surface area contributed by atoms with Crippen LogP contribution in [0.1, 0.15) is 91.9 Å². The highest BCUT2D eigenvalue weighted by atomic mass is 32.1. The van der Waals surface area contributed by atoms with Crippen LogP contribution in [0.4, 0.5) is 8.78 Å². The quantitative estimate of drug-likeness (QED) is 0.161. The summed E-state index contributed by atoms with van der Waals surface area (Å²) >= 11 is 1.55. The Bertz CT molecular complexity index is 1340.